The Bertz CT molecular complexity index is 596. The lowest BCUT2D eigenvalue weighted by atomic mass is 10.1. The highest BCUT2D eigenvalue weighted by Gasteiger charge is 2.05. The number of hydrogen-bond acceptors (Lipinski definition) is 2. The van der Waals surface area contributed by atoms with E-state index in [1.807, 2.05) is 36.4 Å². The van der Waals surface area contributed by atoms with E-state index in [0.29, 0.717) is 4.99 Å². The van der Waals surface area contributed by atoms with E-state index in [1.165, 1.54) is 5.56 Å². The van der Waals surface area contributed by atoms with Crippen LogP contribution < -0.4 is 11.1 Å². The first-order valence-corrected chi connectivity index (χ1v) is 6.70. The van der Waals surface area contributed by atoms with Crippen LogP contribution in [0.1, 0.15) is 11.1 Å². The average molecular weight is 321 g/mol. The van der Waals surface area contributed by atoms with Gasteiger partial charge in [0.1, 0.15) is 4.99 Å². The Morgan fingerprint density at radius 3 is 2.61 bits per heavy atom. The van der Waals surface area contributed by atoms with Gasteiger partial charge in [0.05, 0.1) is 0 Å². The Balaban J connectivity index is 2.34. The normalized spacial score (nSPS) is 10.1. The zero-order valence-electron chi connectivity index (χ0n) is 9.91. The monoisotopic (exact) mass is 320 g/mol. The third kappa shape index (κ3) is 2.89. The van der Waals surface area contributed by atoms with Crippen LogP contribution in [0.3, 0.4) is 0 Å². The summed E-state index contributed by atoms with van der Waals surface area (Å²) in [5.74, 6) is 0. The molecule has 0 aliphatic heterocycles. The van der Waals surface area contributed by atoms with Gasteiger partial charge >= 0.3 is 0 Å². The number of para-hydroxylation sites is 1. The fraction of sp³-hybridized carbons (Fsp3) is 0.0714. The summed E-state index contributed by atoms with van der Waals surface area (Å²) in [6.45, 7) is 2.05. The van der Waals surface area contributed by atoms with E-state index >= 15 is 0 Å². The molecule has 0 unspecified atom stereocenters. The Hall–Kier alpha value is -1.39. The minimum Gasteiger partial charge on any atom is -0.389 e. The van der Waals surface area contributed by atoms with E-state index in [4.69, 9.17) is 18.0 Å². The van der Waals surface area contributed by atoms with Crippen LogP contribution >= 0.6 is 28.1 Å². The van der Waals surface area contributed by atoms with Crippen molar-refractivity contribution >= 4 is 44.5 Å². The molecule has 0 saturated carbocycles. The summed E-state index contributed by atoms with van der Waals surface area (Å²) < 4.78 is 1.09. The zero-order valence-corrected chi connectivity index (χ0v) is 12.3. The maximum Gasteiger partial charge on any atom is 0.106 e. The Morgan fingerprint density at radius 2 is 1.94 bits per heavy atom. The van der Waals surface area contributed by atoms with Crippen molar-refractivity contribution in [3.63, 3.8) is 0 Å². The summed E-state index contributed by atoms with van der Waals surface area (Å²) >= 11 is 8.53. The summed E-state index contributed by atoms with van der Waals surface area (Å²) in [5, 5.41) is 3.33. The lowest BCUT2D eigenvalue weighted by Gasteiger charge is -2.12. The molecule has 0 bridgehead atoms. The average Bonchev–Trinajstić information content (AvgIpc) is 2.34. The minimum absolute atomic E-state index is 0.395. The van der Waals surface area contributed by atoms with Crippen molar-refractivity contribution in [3.05, 3.63) is 58.1 Å². The first kappa shape index (κ1) is 13.1. The molecular formula is C14H13BrN2S. The van der Waals surface area contributed by atoms with Gasteiger partial charge < -0.3 is 11.1 Å². The number of hydrogen-bond donors (Lipinski definition) is 2. The van der Waals surface area contributed by atoms with E-state index in [-0.39, 0.29) is 0 Å². The number of anilines is 2. The topological polar surface area (TPSA) is 38.0 Å². The molecule has 0 aliphatic rings. The molecule has 0 radical (unpaired) electrons. The molecule has 0 fully saturated rings. The van der Waals surface area contributed by atoms with Crippen LogP contribution in [0.2, 0.25) is 0 Å². The van der Waals surface area contributed by atoms with E-state index in [0.717, 1.165) is 21.4 Å². The smallest absolute Gasteiger partial charge is 0.106 e. The second-order valence-electron chi connectivity index (χ2n) is 4.00. The maximum atomic E-state index is 5.71. The van der Waals surface area contributed by atoms with Crippen molar-refractivity contribution in [2.75, 3.05) is 5.32 Å². The third-order valence-corrected chi connectivity index (χ3v) is 3.74. The van der Waals surface area contributed by atoms with Crippen LogP contribution in [0.4, 0.5) is 11.4 Å². The van der Waals surface area contributed by atoms with Gasteiger partial charge in [0.25, 0.3) is 0 Å². The fourth-order valence-electron chi connectivity index (χ4n) is 1.68. The maximum absolute atomic E-state index is 5.71. The SMILES string of the molecule is Cc1cc(Nc2ccccc2C(N)=S)ccc1Br. The molecule has 2 nitrogen and oxygen atoms in total. The fourth-order valence-corrected chi connectivity index (χ4v) is 2.11. The molecule has 0 spiro atoms. The first-order valence-electron chi connectivity index (χ1n) is 5.50. The van der Waals surface area contributed by atoms with Crippen molar-refractivity contribution in [1.82, 2.24) is 0 Å². The molecule has 3 N–H and O–H groups in total. The summed E-state index contributed by atoms with van der Waals surface area (Å²) in [4.78, 5) is 0.395. The Morgan fingerprint density at radius 1 is 1.22 bits per heavy atom. The predicted octanol–water partition coefficient (Wildman–Crippen LogP) is 4.14. The highest BCUT2D eigenvalue weighted by Crippen LogP contribution is 2.24. The van der Waals surface area contributed by atoms with Crippen LogP contribution in [0.5, 0.6) is 0 Å². The quantitative estimate of drug-likeness (QED) is 0.835. The number of nitrogens with one attached hydrogen (secondary N) is 1. The lowest BCUT2D eigenvalue weighted by molar-refractivity contribution is 1.41. The van der Waals surface area contributed by atoms with Crippen molar-refractivity contribution < 1.29 is 0 Å². The lowest BCUT2D eigenvalue weighted by Crippen LogP contribution is -2.11. The van der Waals surface area contributed by atoms with E-state index < -0.39 is 0 Å². The number of rotatable bonds is 3. The highest BCUT2D eigenvalue weighted by atomic mass is 79.9. The standard InChI is InChI=1S/C14H13BrN2S/c1-9-8-10(6-7-12(9)15)17-13-5-3-2-4-11(13)14(16)18/h2-8,17H,1H3,(H2,16,18). The molecule has 4 heteroatoms. The van der Waals surface area contributed by atoms with Crippen LogP contribution in [-0.2, 0) is 0 Å². The molecule has 18 heavy (non-hydrogen) atoms. The second-order valence-corrected chi connectivity index (χ2v) is 5.29. The van der Waals surface area contributed by atoms with Crippen molar-refractivity contribution in [2.45, 2.75) is 6.92 Å². The third-order valence-electron chi connectivity index (χ3n) is 2.63. The molecule has 92 valence electrons. The first-order chi connectivity index (χ1) is 8.58. The molecule has 0 heterocycles. The van der Waals surface area contributed by atoms with Crippen molar-refractivity contribution in [3.8, 4) is 0 Å². The molecule has 2 aromatic carbocycles. The number of benzene rings is 2. The molecule has 0 aliphatic carbocycles. The molecule has 2 rings (SSSR count). The summed E-state index contributed by atoms with van der Waals surface area (Å²) in [7, 11) is 0. The van der Waals surface area contributed by atoms with Crippen LogP contribution in [0.15, 0.2) is 46.9 Å². The van der Waals surface area contributed by atoms with Crippen LogP contribution in [-0.4, -0.2) is 4.99 Å². The van der Waals surface area contributed by atoms with Crippen molar-refractivity contribution in [2.24, 2.45) is 5.73 Å². The van der Waals surface area contributed by atoms with Gasteiger partial charge in [-0.3, -0.25) is 0 Å². The molecular weight excluding hydrogens is 308 g/mol. The minimum atomic E-state index is 0.395. The van der Waals surface area contributed by atoms with E-state index in [2.05, 4.69) is 34.2 Å². The van der Waals surface area contributed by atoms with Gasteiger partial charge in [-0.15, -0.1) is 0 Å². The van der Waals surface area contributed by atoms with Gasteiger partial charge in [-0.2, -0.15) is 0 Å². The Kier molecular flexibility index (Phi) is 3.99. The van der Waals surface area contributed by atoms with Gasteiger partial charge in [-0.05, 0) is 42.8 Å². The summed E-state index contributed by atoms with van der Waals surface area (Å²) in [6.07, 6.45) is 0. The van der Waals surface area contributed by atoms with Gasteiger partial charge in [0.15, 0.2) is 0 Å². The number of halogens is 1. The molecule has 0 atom stereocenters. The van der Waals surface area contributed by atoms with Gasteiger partial charge in [0.2, 0.25) is 0 Å². The molecule has 0 aromatic heterocycles. The second kappa shape index (κ2) is 5.50. The predicted molar refractivity (Wildman–Crippen MR) is 84.5 cm³/mol. The zero-order chi connectivity index (χ0) is 13.1. The Labute approximate surface area is 120 Å². The number of aryl methyl sites for hydroxylation is 1. The largest absolute Gasteiger partial charge is 0.389 e. The van der Waals surface area contributed by atoms with E-state index in [9.17, 15) is 0 Å². The molecule has 2 aromatic rings. The van der Waals surface area contributed by atoms with Crippen LogP contribution in [0.25, 0.3) is 0 Å². The number of thiocarbonyl (C=S) groups is 1. The number of nitrogens with two attached hydrogens (primary N) is 1. The van der Waals surface area contributed by atoms with Gasteiger partial charge in [0, 0.05) is 21.4 Å². The summed E-state index contributed by atoms with van der Waals surface area (Å²) in [6, 6.07) is 13.8. The van der Waals surface area contributed by atoms with Gasteiger partial charge in [-0.25, -0.2) is 0 Å². The highest BCUT2D eigenvalue weighted by molar-refractivity contribution is 9.10. The molecule has 0 amide bonds. The summed E-state index contributed by atoms with van der Waals surface area (Å²) in [5.41, 5.74) is 9.67. The van der Waals surface area contributed by atoms with Gasteiger partial charge in [-0.1, -0.05) is 40.3 Å². The van der Waals surface area contributed by atoms with Crippen molar-refractivity contribution in [1.29, 1.82) is 0 Å². The van der Waals surface area contributed by atoms with E-state index in [1.54, 1.807) is 0 Å². The van der Waals surface area contributed by atoms with Crippen LogP contribution in [0, 0.1) is 6.92 Å². The molecule has 0 saturated heterocycles.